The Labute approximate surface area is 105 Å². The van der Waals surface area contributed by atoms with E-state index in [1.54, 1.807) is 11.8 Å². The lowest BCUT2D eigenvalue weighted by Gasteiger charge is -2.08. The number of hydrogen-bond donors (Lipinski definition) is 3. The molecule has 0 saturated carbocycles. The molecule has 0 amide bonds. The SMILES string of the molecule is NCC1OB(O)c2cc(SCCCO)ccc21. The molecule has 1 aliphatic heterocycles. The van der Waals surface area contributed by atoms with Gasteiger partial charge < -0.3 is 20.5 Å². The Balaban J connectivity index is 2.11. The number of thioether (sulfide) groups is 1. The molecule has 0 radical (unpaired) electrons. The molecule has 1 aromatic rings. The van der Waals surface area contributed by atoms with Crippen LogP contribution in [0.1, 0.15) is 18.1 Å². The van der Waals surface area contributed by atoms with Crippen molar-refractivity contribution in [2.75, 3.05) is 18.9 Å². The number of aliphatic hydroxyl groups excluding tert-OH is 1. The van der Waals surface area contributed by atoms with Crippen LogP contribution in [0.3, 0.4) is 0 Å². The Morgan fingerprint density at radius 2 is 2.29 bits per heavy atom. The number of nitrogens with two attached hydrogens (primary N) is 1. The van der Waals surface area contributed by atoms with Crippen LogP contribution in [0.4, 0.5) is 0 Å². The molecule has 0 aliphatic carbocycles. The third-order valence-corrected chi connectivity index (χ3v) is 3.83. The predicted molar refractivity (Wildman–Crippen MR) is 69.4 cm³/mol. The van der Waals surface area contributed by atoms with Crippen LogP contribution in [0, 0.1) is 0 Å². The molecule has 0 fully saturated rings. The van der Waals surface area contributed by atoms with Gasteiger partial charge in [-0.3, -0.25) is 0 Å². The fourth-order valence-electron chi connectivity index (χ4n) is 1.89. The van der Waals surface area contributed by atoms with Crippen molar-refractivity contribution in [1.82, 2.24) is 0 Å². The summed E-state index contributed by atoms with van der Waals surface area (Å²) < 4.78 is 5.34. The minimum Gasteiger partial charge on any atom is -0.423 e. The average Bonchev–Trinajstić information content (AvgIpc) is 2.66. The molecule has 4 nitrogen and oxygen atoms in total. The molecule has 0 saturated heterocycles. The van der Waals surface area contributed by atoms with Gasteiger partial charge in [0, 0.05) is 23.8 Å². The summed E-state index contributed by atoms with van der Waals surface area (Å²) >= 11 is 1.66. The number of benzene rings is 1. The standard InChI is InChI=1S/C11H16BNO3S/c13-7-11-9-3-2-8(17-5-1-4-14)6-10(9)12(15)16-11/h2-3,6,11,14-15H,1,4-5,7,13H2. The summed E-state index contributed by atoms with van der Waals surface area (Å²) in [5, 5.41) is 18.5. The van der Waals surface area contributed by atoms with Crippen molar-refractivity contribution >= 4 is 24.3 Å². The van der Waals surface area contributed by atoms with E-state index in [1.165, 1.54) is 0 Å². The second-order valence-corrected chi connectivity index (χ2v) is 5.10. The van der Waals surface area contributed by atoms with Crippen molar-refractivity contribution in [1.29, 1.82) is 0 Å². The molecule has 6 heteroatoms. The maximum absolute atomic E-state index is 9.75. The highest BCUT2D eigenvalue weighted by atomic mass is 32.2. The van der Waals surface area contributed by atoms with E-state index in [0.29, 0.717) is 6.54 Å². The number of rotatable bonds is 5. The number of fused-ring (bicyclic) bond motifs is 1. The van der Waals surface area contributed by atoms with Crippen LogP contribution in [-0.4, -0.2) is 36.2 Å². The van der Waals surface area contributed by atoms with Gasteiger partial charge in [0.15, 0.2) is 0 Å². The zero-order valence-corrected chi connectivity index (χ0v) is 10.3. The second kappa shape index (κ2) is 5.88. The van der Waals surface area contributed by atoms with Crippen LogP contribution < -0.4 is 11.2 Å². The second-order valence-electron chi connectivity index (χ2n) is 3.93. The summed E-state index contributed by atoms with van der Waals surface area (Å²) in [6, 6.07) is 5.91. The first-order valence-electron chi connectivity index (χ1n) is 5.67. The molecule has 1 heterocycles. The Kier molecular flexibility index (Phi) is 4.47. The van der Waals surface area contributed by atoms with Gasteiger partial charge in [0.05, 0.1) is 6.10 Å². The largest absolute Gasteiger partial charge is 0.492 e. The van der Waals surface area contributed by atoms with E-state index in [4.69, 9.17) is 15.5 Å². The summed E-state index contributed by atoms with van der Waals surface area (Å²) in [4.78, 5) is 1.08. The monoisotopic (exact) mass is 253 g/mol. The third kappa shape index (κ3) is 2.84. The van der Waals surface area contributed by atoms with Crippen molar-refractivity contribution < 1.29 is 14.8 Å². The van der Waals surface area contributed by atoms with Gasteiger partial charge in [-0.05, 0) is 29.6 Å². The first kappa shape index (κ1) is 12.9. The van der Waals surface area contributed by atoms with Gasteiger partial charge in [0.25, 0.3) is 0 Å². The van der Waals surface area contributed by atoms with Crippen LogP contribution in [0.25, 0.3) is 0 Å². The molecule has 1 atom stereocenters. The van der Waals surface area contributed by atoms with Crippen molar-refractivity contribution in [3.63, 3.8) is 0 Å². The highest BCUT2D eigenvalue weighted by Crippen LogP contribution is 2.26. The lowest BCUT2D eigenvalue weighted by atomic mass is 9.79. The van der Waals surface area contributed by atoms with Crippen LogP contribution in [0.15, 0.2) is 23.1 Å². The van der Waals surface area contributed by atoms with Crippen LogP contribution in [0.2, 0.25) is 0 Å². The van der Waals surface area contributed by atoms with Gasteiger partial charge in [-0.15, -0.1) is 11.8 Å². The predicted octanol–water partition coefficient (Wildman–Crippen LogP) is -0.121. The van der Waals surface area contributed by atoms with Gasteiger partial charge in [0.1, 0.15) is 0 Å². The molecule has 4 N–H and O–H groups in total. The summed E-state index contributed by atoms with van der Waals surface area (Å²) in [6.07, 6.45) is 0.572. The molecule has 0 aromatic heterocycles. The van der Waals surface area contributed by atoms with Gasteiger partial charge >= 0.3 is 7.12 Å². The first-order valence-corrected chi connectivity index (χ1v) is 6.66. The molecule has 0 spiro atoms. The smallest absolute Gasteiger partial charge is 0.423 e. The molecule has 1 aliphatic rings. The highest BCUT2D eigenvalue weighted by molar-refractivity contribution is 7.99. The molecule has 1 unspecified atom stereocenters. The highest BCUT2D eigenvalue weighted by Gasteiger charge is 2.34. The molecule has 92 valence electrons. The quantitative estimate of drug-likeness (QED) is 0.387. The van der Waals surface area contributed by atoms with E-state index < -0.39 is 7.12 Å². The normalized spacial score (nSPS) is 18.5. The molecular weight excluding hydrogens is 237 g/mol. The van der Waals surface area contributed by atoms with E-state index in [2.05, 4.69) is 0 Å². The summed E-state index contributed by atoms with van der Waals surface area (Å²) in [5.74, 6) is 0.868. The Hall–Kier alpha value is -0.525. The summed E-state index contributed by atoms with van der Waals surface area (Å²) in [5.41, 5.74) is 7.37. The van der Waals surface area contributed by atoms with Crippen molar-refractivity contribution in [3.8, 4) is 0 Å². The zero-order valence-electron chi connectivity index (χ0n) is 9.50. The summed E-state index contributed by atoms with van der Waals surface area (Å²) in [7, 11) is -0.864. The Morgan fingerprint density at radius 1 is 1.47 bits per heavy atom. The Bertz CT molecular complexity index is 391. The zero-order chi connectivity index (χ0) is 12.3. The van der Waals surface area contributed by atoms with Crippen molar-refractivity contribution in [2.45, 2.75) is 17.4 Å². The lowest BCUT2D eigenvalue weighted by Crippen LogP contribution is -2.28. The molecule has 2 rings (SSSR count). The number of hydrogen-bond acceptors (Lipinski definition) is 5. The van der Waals surface area contributed by atoms with Crippen LogP contribution >= 0.6 is 11.8 Å². The van der Waals surface area contributed by atoms with Crippen LogP contribution in [0.5, 0.6) is 0 Å². The number of aliphatic hydroxyl groups is 1. The fourth-order valence-corrected chi connectivity index (χ4v) is 2.77. The lowest BCUT2D eigenvalue weighted by molar-refractivity contribution is 0.198. The third-order valence-electron chi connectivity index (χ3n) is 2.75. The minimum atomic E-state index is -0.864. The maximum atomic E-state index is 9.75. The molecule has 1 aromatic carbocycles. The van der Waals surface area contributed by atoms with Gasteiger partial charge in [0.2, 0.25) is 0 Å². The molecule has 0 bridgehead atoms. The maximum Gasteiger partial charge on any atom is 0.492 e. The molecule has 17 heavy (non-hydrogen) atoms. The van der Waals surface area contributed by atoms with E-state index >= 15 is 0 Å². The van der Waals surface area contributed by atoms with E-state index in [9.17, 15) is 5.02 Å². The van der Waals surface area contributed by atoms with E-state index in [1.807, 2.05) is 18.2 Å². The van der Waals surface area contributed by atoms with Gasteiger partial charge in [-0.25, -0.2) is 0 Å². The van der Waals surface area contributed by atoms with Crippen molar-refractivity contribution in [3.05, 3.63) is 23.8 Å². The van der Waals surface area contributed by atoms with Crippen molar-refractivity contribution in [2.24, 2.45) is 5.73 Å². The average molecular weight is 253 g/mol. The topological polar surface area (TPSA) is 75.7 Å². The summed E-state index contributed by atoms with van der Waals surface area (Å²) in [6.45, 7) is 0.583. The first-order chi connectivity index (χ1) is 8.26. The fraction of sp³-hybridized carbons (Fsp3) is 0.455. The minimum absolute atomic E-state index is 0.198. The van der Waals surface area contributed by atoms with Crippen LogP contribution in [-0.2, 0) is 4.65 Å². The Morgan fingerprint density at radius 3 is 3.00 bits per heavy atom. The van der Waals surface area contributed by atoms with Gasteiger partial charge in [-0.2, -0.15) is 0 Å². The van der Waals surface area contributed by atoms with E-state index in [-0.39, 0.29) is 12.7 Å². The molecular formula is C11H16BNO3S. The van der Waals surface area contributed by atoms with Gasteiger partial charge in [-0.1, -0.05) is 6.07 Å². The van der Waals surface area contributed by atoms with E-state index in [0.717, 1.165) is 28.1 Å².